The van der Waals surface area contributed by atoms with Crippen molar-refractivity contribution >= 4 is 41.7 Å². The molecule has 0 radical (unpaired) electrons. The summed E-state index contributed by atoms with van der Waals surface area (Å²) < 4.78 is 4.62. The van der Waals surface area contributed by atoms with E-state index in [0.717, 1.165) is 42.3 Å². The predicted molar refractivity (Wildman–Crippen MR) is 105 cm³/mol. The summed E-state index contributed by atoms with van der Waals surface area (Å²) in [5.74, 6) is 2.08. The third-order valence-corrected chi connectivity index (χ3v) is 5.13. The number of halogens is 1. The molecular formula is C18H27ClN2O3S. The van der Waals surface area contributed by atoms with Gasteiger partial charge >= 0.3 is 5.97 Å². The Labute approximate surface area is 160 Å². The highest BCUT2D eigenvalue weighted by Gasteiger charge is 2.15. The van der Waals surface area contributed by atoms with Gasteiger partial charge in [-0.3, -0.25) is 9.59 Å². The van der Waals surface area contributed by atoms with Crippen molar-refractivity contribution in [3.05, 3.63) is 29.8 Å². The summed E-state index contributed by atoms with van der Waals surface area (Å²) in [6.07, 6.45) is 3.12. The van der Waals surface area contributed by atoms with Crippen LogP contribution in [0.1, 0.15) is 31.2 Å². The summed E-state index contributed by atoms with van der Waals surface area (Å²) in [5.41, 5.74) is 1.98. The molecule has 0 saturated carbocycles. The fourth-order valence-electron chi connectivity index (χ4n) is 2.71. The van der Waals surface area contributed by atoms with Gasteiger partial charge in [0.1, 0.15) is 0 Å². The Morgan fingerprint density at radius 2 is 2.20 bits per heavy atom. The van der Waals surface area contributed by atoms with Crippen molar-refractivity contribution < 1.29 is 14.3 Å². The lowest BCUT2D eigenvalue weighted by Gasteiger charge is -2.10. The highest BCUT2D eigenvalue weighted by Crippen LogP contribution is 2.19. The van der Waals surface area contributed by atoms with Crippen LogP contribution in [0.25, 0.3) is 0 Å². The average Bonchev–Trinajstić information content (AvgIpc) is 3.10. The van der Waals surface area contributed by atoms with Crippen LogP contribution in [-0.2, 0) is 20.1 Å². The molecule has 1 aromatic carbocycles. The van der Waals surface area contributed by atoms with Crippen molar-refractivity contribution in [1.82, 2.24) is 5.32 Å². The maximum Gasteiger partial charge on any atom is 0.306 e. The van der Waals surface area contributed by atoms with Gasteiger partial charge in [-0.2, -0.15) is 11.8 Å². The van der Waals surface area contributed by atoms with E-state index in [1.807, 2.05) is 24.3 Å². The van der Waals surface area contributed by atoms with Crippen molar-refractivity contribution in [3.8, 4) is 0 Å². The molecule has 1 heterocycles. The van der Waals surface area contributed by atoms with Crippen molar-refractivity contribution in [2.75, 3.05) is 31.3 Å². The number of hydrogen-bond acceptors (Lipinski definition) is 5. The number of benzene rings is 1. The van der Waals surface area contributed by atoms with Gasteiger partial charge in [0.25, 0.3) is 0 Å². The van der Waals surface area contributed by atoms with Gasteiger partial charge in [-0.15, -0.1) is 12.4 Å². The topological polar surface area (TPSA) is 67.4 Å². The molecule has 0 bridgehead atoms. The van der Waals surface area contributed by atoms with E-state index >= 15 is 0 Å². The number of ether oxygens (including phenoxy) is 1. The van der Waals surface area contributed by atoms with Crippen LogP contribution < -0.4 is 10.6 Å². The molecule has 1 amide bonds. The van der Waals surface area contributed by atoms with E-state index < -0.39 is 0 Å². The first-order valence-electron chi connectivity index (χ1n) is 8.41. The number of amides is 1. The van der Waals surface area contributed by atoms with Crippen LogP contribution in [-0.4, -0.2) is 37.8 Å². The molecule has 0 aromatic heterocycles. The van der Waals surface area contributed by atoms with Crippen molar-refractivity contribution in [1.29, 1.82) is 0 Å². The van der Waals surface area contributed by atoms with Gasteiger partial charge in [0.2, 0.25) is 5.91 Å². The van der Waals surface area contributed by atoms with E-state index in [2.05, 4.69) is 15.4 Å². The summed E-state index contributed by atoms with van der Waals surface area (Å²) in [6.45, 7) is 2.10. The molecule has 1 atom stereocenters. The number of rotatable bonds is 9. The molecule has 2 rings (SSSR count). The first-order chi connectivity index (χ1) is 11.7. The third kappa shape index (κ3) is 8.61. The second kappa shape index (κ2) is 12.2. The van der Waals surface area contributed by atoms with Gasteiger partial charge in [0.15, 0.2) is 0 Å². The lowest BCUT2D eigenvalue weighted by molar-refractivity contribution is -0.140. The maximum atomic E-state index is 12.1. The Morgan fingerprint density at radius 3 is 2.92 bits per heavy atom. The zero-order chi connectivity index (χ0) is 17.2. The predicted octanol–water partition coefficient (Wildman–Crippen LogP) is 3.23. The first kappa shape index (κ1) is 21.8. The number of esters is 1. The summed E-state index contributed by atoms with van der Waals surface area (Å²) >= 11 is 1.68. The standard InChI is InChI=1S/C18H26N2O3S.ClH/c1-23-18(22)8-10-24-13-15-3-2-4-16(11-15)20-17(21)6-5-14-7-9-19-12-14;/h2-4,11,14,19H,5-10,12-13H2,1H3,(H,20,21);1H. The number of carbonyl (C=O) groups excluding carboxylic acids is 2. The van der Waals surface area contributed by atoms with E-state index in [4.69, 9.17) is 0 Å². The number of thioether (sulfide) groups is 1. The van der Waals surface area contributed by atoms with Crippen molar-refractivity contribution in [2.45, 2.75) is 31.4 Å². The molecule has 0 spiro atoms. The molecule has 140 valence electrons. The second-order valence-corrected chi connectivity index (χ2v) is 7.13. The van der Waals surface area contributed by atoms with Crippen molar-refractivity contribution in [2.24, 2.45) is 5.92 Å². The summed E-state index contributed by atoms with van der Waals surface area (Å²) in [7, 11) is 1.41. The van der Waals surface area contributed by atoms with E-state index in [1.54, 1.807) is 11.8 Å². The van der Waals surface area contributed by atoms with Crippen LogP contribution in [0.15, 0.2) is 24.3 Å². The number of carbonyl (C=O) groups is 2. The van der Waals surface area contributed by atoms with Gasteiger partial charge < -0.3 is 15.4 Å². The highest BCUT2D eigenvalue weighted by molar-refractivity contribution is 7.98. The lowest BCUT2D eigenvalue weighted by Crippen LogP contribution is -2.15. The largest absolute Gasteiger partial charge is 0.469 e. The Hall–Kier alpha value is -1.24. The van der Waals surface area contributed by atoms with Crippen LogP contribution >= 0.6 is 24.2 Å². The summed E-state index contributed by atoms with van der Waals surface area (Å²) in [4.78, 5) is 23.1. The molecule has 1 aliphatic heterocycles. The molecule has 1 unspecified atom stereocenters. The van der Waals surface area contributed by atoms with E-state index in [9.17, 15) is 9.59 Å². The van der Waals surface area contributed by atoms with Gasteiger partial charge in [-0.25, -0.2) is 0 Å². The Morgan fingerprint density at radius 1 is 1.36 bits per heavy atom. The fourth-order valence-corrected chi connectivity index (χ4v) is 3.58. The molecule has 7 heteroatoms. The van der Waals surface area contributed by atoms with Crippen LogP contribution in [0.2, 0.25) is 0 Å². The zero-order valence-electron chi connectivity index (χ0n) is 14.6. The molecular weight excluding hydrogens is 360 g/mol. The minimum atomic E-state index is -0.180. The molecule has 1 aromatic rings. The van der Waals surface area contributed by atoms with Crippen LogP contribution in [0.4, 0.5) is 5.69 Å². The molecule has 5 nitrogen and oxygen atoms in total. The first-order valence-corrected chi connectivity index (χ1v) is 9.57. The van der Waals surface area contributed by atoms with Gasteiger partial charge in [0, 0.05) is 23.6 Å². The van der Waals surface area contributed by atoms with Crippen LogP contribution in [0, 0.1) is 5.92 Å². The van der Waals surface area contributed by atoms with E-state index in [1.165, 1.54) is 13.5 Å². The minimum absolute atomic E-state index is 0. The molecule has 1 saturated heterocycles. The smallest absolute Gasteiger partial charge is 0.306 e. The normalized spacial score (nSPS) is 16.1. The maximum absolute atomic E-state index is 12.1. The van der Waals surface area contributed by atoms with Crippen molar-refractivity contribution in [3.63, 3.8) is 0 Å². The minimum Gasteiger partial charge on any atom is -0.469 e. The van der Waals surface area contributed by atoms with E-state index in [0.29, 0.717) is 18.8 Å². The molecule has 1 aliphatic rings. The number of hydrogen-bond donors (Lipinski definition) is 2. The fraction of sp³-hybridized carbons (Fsp3) is 0.556. The highest BCUT2D eigenvalue weighted by atomic mass is 35.5. The molecule has 2 N–H and O–H groups in total. The summed E-state index contributed by atoms with van der Waals surface area (Å²) in [6, 6.07) is 7.90. The summed E-state index contributed by atoms with van der Waals surface area (Å²) in [5, 5.41) is 6.31. The zero-order valence-corrected chi connectivity index (χ0v) is 16.2. The number of nitrogens with one attached hydrogen (secondary N) is 2. The third-order valence-electron chi connectivity index (χ3n) is 4.10. The van der Waals surface area contributed by atoms with E-state index in [-0.39, 0.29) is 24.3 Å². The Kier molecular flexibility index (Phi) is 10.6. The van der Waals surface area contributed by atoms with Crippen LogP contribution in [0.3, 0.4) is 0 Å². The SMILES string of the molecule is COC(=O)CCSCc1cccc(NC(=O)CCC2CCNC2)c1.Cl. The average molecular weight is 387 g/mol. The number of methoxy groups -OCH3 is 1. The van der Waals surface area contributed by atoms with Gasteiger partial charge in [-0.1, -0.05) is 12.1 Å². The lowest BCUT2D eigenvalue weighted by atomic mass is 10.0. The molecule has 0 aliphatic carbocycles. The van der Waals surface area contributed by atoms with Gasteiger partial charge in [-0.05, 0) is 49.5 Å². The van der Waals surface area contributed by atoms with Gasteiger partial charge in [0.05, 0.1) is 13.5 Å². The Bertz CT molecular complexity index is 551. The van der Waals surface area contributed by atoms with Crippen LogP contribution in [0.5, 0.6) is 0 Å². The monoisotopic (exact) mass is 386 g/mol. The number of anilines is 1. The molecule has 1 fully saturated rings. The second-order valence-electron chi connectivity index (χ2n) is 6.02. The quantitative estimate of drug-likeness (QED) is 0.503. The molecule has 25 heavy (non-hydrogen) atoms. The Balaban J connectivity index is 0.00000312.